The second-order valence-electron chi connectivity index (χ2n) is 8.83. The number of aryl methyl sites for hydroxylation is 1. The zero-order chi connectivity index (χ0) is 22.7. The summed E-state index contributed by atoms with van der Waals surface area (Å²) < 4.78 is 6.09. The molecule has 0 unspecified atom stereocenters. The van der Waals surface area contributed by atoms with Gasteiger partial charge in [-0.2, -0.15) is 0 Å². The van der Waals surface area contributed by atoms with Gasteiger partial charge in [0.2, 0.25) is 0 Å². The van der Waals surface area contributed by atoms with E-state index in [1.165, 1.54) is 53.8 Å². The summed E-state index contributed by atoms with van der Waals surface area (Å²) in [5.74, 6) is 1.62. The van der Waals surface area contributed by atoms with Gasteiger partial charge >= 0.3 is 0 Å². The summed E-state index contributed by atoms with van der Waals surface area (Å²) >= 11 is 3.39. The summed E-state index contributed by atoms with van der Waals surface area (Å²) in [5, 5.41) is 15.9. The first-order valence-corrected chi connectivity index (χ1v) is 13.7. The van der Waals surface area contributed by atoms with Gasteiger partial charge in [-0.3, -0.25) is 0 Å². The fraction of sp³-hybridized carbons (Fsp3) is 0.310. The number of thiophene rings is 2. The van der Waals surface area contributed by atoms with Crippen LogP contribution in [-0.4, -0.2) is 5.11 Å². The lowest BCUT2D eigenvalue weighted by Crippen LogP contribution is -2.25. The number of unbranched alkanes of at least 4 members (excludes halogenated alkanes) is 5. The van der Waals surface area contributed by atoms with E-state index < -0.39 is 5.60 Å². The van der Waals surface area contributed by atoms with Crippen molar-refractivity contribution in [1.82, 2.24) is 0 Å². The predicted octanol–water partition coefficient (Wildman–Crippen LogP) is 8.77. The Morgan fingerprint density at radius 3 is 1.85 bits per heavy atom. The Bertz CT molecular complexity index is 1140. The standard InChI is InChI=1S/C29H30O2S2/c1-2-3-4-5-6-7-8-21-9-13-23(14-10-21)31-24-15-11-22(12-16-24)29(30)25-17-19-32-27(25)28-26(29)18-20-33-28/h9-20,30H,2-8H2,1H3. The summed E-state index contributed by atoms with van der Waals surface area (Å²) in [6.07, 6.45) is 9.08. The van der Waals surface area contributed by atoms with Gasteiger partial charge in [0.05, 0.1) is 9.75 Å². The van der Waals surface area contributed by atoms with Crippen LogP contribution in [-0.2, 0) is 12.0 Å². The minimum absolute atomic E-state index is 0.778. The van der Waals surface area contributed by atoms with E-state index in [1.54, 1.807) is 22.7 Å². The highest BCUT2D eigenvalue weighted by molar-refractivity contribution is 7.21. The Kier molecular flexibility index (Phi) is 6.68. The molecule has 4 aromatic rings. The Morgan fingerprint density at radius 1 is 0.697 bits per heavy atom. The maximum absolute atomic E-state index is 11.8. The molecule has 2 heterocycles. The number of aliphatic hydroxyl groups is 1. The molecule has 0 amide bonds. The Labute approximate surface area is 204 Å². The van der Waals surface area contributed by atoms with Crippen LogP contribution in [0.2, 0.25) is 0 Å². The van der Waals surface area contributed by atoms with Crippen molar-refractivity contribution in [2.75, 3.05) is 0 Å². The number of fused-ring (bicyclic) bond motifs is 3. The Balaban J connectivity index is 1.23. The smallest absolute Gasteiger partial charge is 0.143 e. The summed E-state index contributed by atoms with van der Waals surface area (Å²) in [6, 6.07) is 20.4. The molecule has 170 valence electrons. The van der Waals surface area contributed by atoms with Crippen molar-refractivity contribution in [2.45, 2.75) is 57.5 Å². The van der Waals surface area contributed by atoms with Gasteiger partial charge in [0.15, 0.2) is 0 Å². The molecule has 2 nitrogen and oxygen atoms in total. The summed E-state index contributed by atoms with van der Waals surface area (Å²) in [5.41, 5.74) is 3.14. The lowest BCUT2D eigenvalue weighted by molar-refractivity contribution is 0.131. The van der Waals surface area contributed by atoms with Crippen molar-refractivity contribution in [3.63, 3.8) is 0 Å². The number of rotatable bonds is 10. The SMILES string of the molecule is CCCCCCCCc1ccc(Oc2ccc(C3(O)c4ccsc4-c4sccc43)cc2)cc1. The van der Waals surface area contributed by atoms with Gasteiger partial charge in [0.1, 0.15) is 17.1 Å². The van der Waals surface area contributed by atoms with Crippen molar-refractivity contribution >= 4 is 22.7 Å². The molecule has 1 aliphatic carbocycles. The number of benzene rings is 2. The fourth-order valence-electron chi connectivity index (χ4n) is 4.73. The highest BCUT2D eigenvalue weighted by Crippen LogP contribution is 2.55. The van der Waals surface area contributed by atoms with E-state index in [1.807, 2.05) is 36.4 Å². The van der Waals surface area contributed by atoms with Crippen LogP contribution in [0.4, 0.5) is 0 Å². The second-order valence-corrected chi connectivity index (χ2v) is 10.7. The third-order valence-corrected chi connectivity index (χ3v) is 8.56. The number of hydrogen-bond donors (Lipinski definition) is 1. The molecule has 2 aromatic heterocycles. The normalized spacial score (nSPS) is 13.6. The van der Waals surface area contributed by atoms with E-state index >= 15 is 0 Å². The monoisotopic (exact) mass is 474 g/mol. The van der Waals surface area contributed by atoms with Crippen LogP contribution in [0.3, 0.4) is 0 Å². The van der Waals surface area contributed by atoms with Crippen LogP contribution in [0.25, 0.3) is 9.75 Å². The topological polar surface area (TPSA) is 29.5 Å². The van der Waals surface area contributed by atoms with Gasteiger partial charge in [0.25, 0.3) is 0 Å². The maximum Gasteiger partial charge on any atom is 0.143 e. The molecule has 2 aromatic carbocycles. The molecule has 0 radical (unpaired) electrons. The highest BCUT2D eigenvalue weighted by atomic mass is 32.1. The van der Waals surface area contributed by atoms with Gasteiger partial charge < -0.3 is 9.84 Å². The molecule has 1 N–H and O–H groups in total. The first-order valence-electron chi connectivity index (χ1n) is 12.0. The zero-order valence-corrected chi connectivity index (χ0v) is 20.7. The molecule has 4 heteroatoms. The third-order valence-electron chi connectivity index (χ3n) is 6.57. The average Bonchev–Trinajstić information content (AvgIpc) is 3.56. The van der Waals surface area contributed by atoms with Crippen LogP contribution in [0.15, 0.2) is 71.4 Å². The van der Waals surface area contributed by atoms with E-state index in [2.05, 4.69) is 41.9 Å². The van der Waals surface area contributed by atoms with Crippen LogP contribution in [0.5, 0.6) is 11.5 Å². The van der Waals surface area contributed by atoms with E-state index in [9.17, 15) is 5.11 Å². The maximum atomic E-state index is 11.8. The quantitative estimate of drug-likeness (QED) is 0.233. The first kappa shape index (κ1) is 22.4. The second kappa shape index (κ2) is 9.84. The molecule has 0 saturated heterocycles. The van der Waals surface area contributed by atoms with Crippen LogP contribution < -0.4 is 4.74 Å². The van der Waals surface area contributed by atoms with E-state index in [-0.39, 0.29) is 0 Å². The molecule has 0 aliphatic heterocycles. The average molecular weight is 475 g/mol. The molecular formula is C29H30O2S2. The van der Waals surface area contributed by atoms with E-state index in [4.69, 9.17) is 4.74 Å². The van der Waals surface area contributed by atoms with E-state index in [0.29, 0.717) is 0 Å². The fourth-order valence-corrected chi connectivity index (χ4v) is 6.82. The van der Waals surface area contributed by atoms with Crippen molar-refractivity contribution in [3.8, 4) is 21.3 Å². The van der Waals surface area contributed by atoms with Gasteiger partial charge in [-0.05, 0) is 71.1 Å². The van der Waals surface area contributed by atoms with Gasteiger partial charge in [0, 0.05) is 11.1 Å². The van der Waals surface area contributed by atoms with E-state index in [0.717, 1.165) is 34.6 Å². The van der Waals surface area contributed by atoms with Crippen molar-refractivity contribution in [1.29, 1.82) is 0 Å². The van der Waals surface area contributed by atoms with Crippen molar-refractivity contribution < 1.29 is 9.84 Å². The molecule has 33 heavy (non-hydrogen) atoms. The van der Waals surface area contributed by atoms with Crippen LogP contribution in [0.1, 0.15) is 67.7 Å². The first-order chi connectivity index (χ1) is 16.2. The summed E-state index contributed by atoms with van der Waals surface area (Å²) in [4.78, 5) is 2.37. The van der Waals surface area contributed by atoms with Crippen molar-refractivity contribution in [3.05, 3.63) is 93.7 Å². The lowest BCUT2D eigenvalue weighted by Gasteiger charge is -2.25. The zero-order valence-electron chi connectivity index (χ0n) is 19.0. The lowest BCUT2D eigenvalue weighted by atomic mass is 9.86. The van der Waals surface area contributed by atoms with Crippen LogP contribution in [0, 0.1) is 0 Å². The molecular weight excluding hydrogens is 444 g/mol. The molecule has 5 rings (SSSR count). The minimum atomic E-state index is -1.08. The Hall–Kier alpha value is -2.40. The number of hydrogen-bond acceptors (Lipinski definition) is 4. The molecule has 0 saturated carbocycles. The molecule has 1 aliphatic rings. The van der Waals surface area contributed by atoms with Gasteiger partial charge in [-0.25, -0.2) is 0 Å². The Morgan fingerprint density at radius 2 is 1.24 bits per heavy atom. The molecule has 0 bridgehead atoms. The summed E-state index contributed by atoms with van der Waals surface area (Å²) in [6.45, 7) is 2.26. The molecule has 0 spiro atoms. The predicted molar refractivity (Wildman–Crippen MR) is 140 cm³/mol. The van der Waals surface area contributed by atoms with Crippen LogP contribution >= 0.6 is 22.7 Å². The highest BCUT2D eigenvalue weighted by Gasteiger charge is 2.44. The third kappa shape index (κ3) is 4.40. The molecule has 0 atom stereocenters. The summed E-state index contributed by atoms with van der Waals surface area (Å²) in [7, 11) is 0. The number of ether oxygens (including phenoxy) is 1. The molecule has 0 fully saturated rings. The van der Waals surface area contributed by atoms with Crippen molar-refractivity contribution in [2.24, 2.45) is 0 Å². The van der Waals surface area contributed by atoms with Gasteiger partial charge in [-0.15, -0.1) is 22.7 Å². The minimum Gasteiger partial charge on any atom is -0.457 e. The largest absolute Gasteiger partial charge is 0.457 e. The van der Waals surface area contributed by atoms with Gasteiger partial charge in [-0.1, -0.05) is 63.3 Å².